The maximum atomic E-state index is 12.2. The second-order valence-electron chi connectivity index (χ2n) is 5.79. The number of hydrogen-bond acceptors (Lipinski definition) is 6. The van der Waals surface area contributed by atoms with Crippen molar-refractivity contribution in [3.05, 3.63) is 48.0 Å². The van der Waals surface area contributed by atoms with Crippen molar-refractivity contribution >= 4 is 40.4 Å². The van der Waals surface area contributed by atoms with Crippen LogP contribution in [0, 0.1) is 0 Å². The first-order valence-electron chi connectivity index (χ1n) is 8.91. The zero-order chi connectivity index (χ0) is 19.9. The van der Waals surface area contributed by atoms with Crippen molar-refractivity contribution in [2.24, 2.45) is 0 Å². The molecule has 1 amide bonds. The fourth-order valence-electron chi connectivity index (χ4n) is 2.53. The topological polar surface area (TPSA) is 93.3 Å². The van der Waals surface area contributed by atoms with Gasteiger partial charge in [-0.1, -0.05) is 11.8 Å². The molecule has 2 N–H and O–H groups in total. The number of nitrogens with one attached hydrogen (secondary N) is 2. The molecule has 0 radical (unpaired) electrons. The highest BCUT2D eigenvalue weighted by molar-refractivity contribution is 7.99. The van der Waals surface area contributed by atoms with Gasteiger partial charge >= 0.3 is 5.97 Å². The van der Waals surface area contributed by atoms with E-state index < -0.39 is 0 Å². The number of anilines is 1. The number of H-pyrrole nitrogens is 1. The number of rotatable bonds is 8. The van der Waals surface area contributed by atoms with Gasteiger partial charge in [0.15, 0.2) is 5.16 Å². The summed E-state index contributed by atoms with van der Waals surface area (Å²) in [5.41, 5.74) is 2.75. The van der Waals surface area contributed by atoms with Crippen LogP contribution in [-0.2, 0) is 9.53 Å². The lowest BCUT2D eigenvalue weighted by Gasteiger charge is -2.06. The lowest BCUT2D eigenvalue weighted by atomic mass is 10.2. The van der Waals surface area contributed by atoms with Gasteiger partial charge in [0.2, 0.25) is 5.91 Å². The van der Waals surface area contributed by atoms with E-state index in [-0.39, 0.29) is 17.6 Å². The van der Waals surface area contributed by atoms with Gasteiger partial charge in [0, 0.05) is 11.8 Å². The van der Waals surface area contributed by atoms with E-state index >= 15 is 0 Å². The maximum Gasteiger partial charge on any atom is 0.338 e. The normalized spacial score (nSPS) is 10.6. The van der Waals surface area contributed by atoms with Crippen LogP contribution in [0.3, 0.4) is 0 Å². The molecule has 0 atom stereocenters. The Morgan fingerprint density at radius 1 is 1.11 bits per heavy atom. The molecular formula is C20H21N3O4S. The summed E-state index contributed by atoms with van der Waals surface area (Å²) in [6, 6.07) is 12.2. The number of aromatic amines is 1. The first kappa shape index (κ1) is 19.8. The second-order valence-corrected chi connectivity index (χ2v) is 6.75. The smallest absolute Gasteiger partial charge is 0.338 e. The number of fused-ring (bicyclic) bond motifs is 1. The molecule has 7 nitrogen and oxygen atoms in total. The second kappa shape index (κ2) is 9.27. The molecule has 28 heavy (non-hydrogen) atoms. The van der Waals surface area contributed by atoms with Gasteiger partial charge in [-0.05, 0) is 50.2 Å². The summed E-state index contributed by atoms with van der Waals surface area (Å²) < 4.78 is 10.4. The van der Waals surface area contributed by atoms with Crippen molar-refractivity contribution in [3.8, 4) is 5.75 Å². The van der Waals surface area contributed by atoms with E-state index in [1.165, 1.54) is 11.8 Å². The Labute approximate surface area is 166 Å². The predicted octanol–water partition coefficient (Wildman–Crippen LogP) is 3.87. The molecule has 0 fully saturated rings. The van der Waals surface area contributed by atoms with E-state index in [1.807, 2.05) is 25.1 Å². The average molecular weight is 399 g/mol. The number of ether oxygens (including phenoxy) is 2. The summed E-state index contributed by atoms with van der Waals surface area (Å²) in [7, 11) is 0. The Kier molecular flexibility index (Phi) is 6.54. The van der Waals surface area contributed by atoms with Gasteiger partial charge in [-0.15, -0.1) is 0 Å². The number of benzene rings is 2. The molecule has 0 spiro atoms. The molecule has 1 aromatic heterocycles. The van der Waals surface area contributed by atoms with Crippen molar-refractivity contribution in [2.45, 2.75) is 19.0 Å². The van der Waals surface area contributed by atoms with Gasteiger partial charge in [-0.2, -0.15) is 0 Å². The van der Waals surface area contributed by atoms with Crippen molar-refractivity contribution in [1.29, 1.82) is 0 Å². The third-order valence-corrected chi connectivity index (χ3v) is 4.64. The van der Waals surface area contributed by atoms with Crippen LogP contribution < -0.4 is 10.1 Å². The molecule has 3 rings (SSSR count). The van der Waals surface area contributed by atoms with Gasteiger partial charge in [-0.3, -0.25) is 4.79 Å². The van der Waals surface area contributed by atoms with E-state index in [0.717, 1.165) is 16.8 Å². The molecule has 0 aliphatic heterocycles. The van der Waals surface area contributed by atoms with Crippen molar-refractivity contribution in [2.75, 3.05) is 24.3 Å². The largest absolute Gasteiger partial charge is 0.494 e. The van der Waals surface area contributed by atoms with Crippen molar-refractivity contribution in [1.82, 2.24) is 9.97 Å². The molecule has 0 saturated heterocycles. The minimum atomic E-state index is -0.381. The lowest BCUT2D eigenvalue weighted by molar-refractivity contribution is -0.113. The highest BCUT2D eigenvalue weighted by atomic mass is 32.2. The maximum absolute atomic E-state index is 12.2. The Hall–Kier alpha value is -3.00. The summed E-state index contributed by atoms with van der Waals surface area (Å²) in [5, 5.41) is 3.46. The molecule has 2 aromatic carbocycles. The van der Waals surface area contributed by atoms with Crippen LogP contribution in [-0.4, -0.2) is 40.8 Å². The van der Waals surface area contributed by atoms with Crippen LogP contribution in [0.25, 0.3) is 11.0 Å². The first-order chi connectivity index (χ1) is 13.6. The third kappa shape index (κ3) is 5.04. The Bertz CT molecular complexity index is 969. The van der Waals surface area contributed by atoms with Crippen LogP contribution in [0.2, 0.25) is 0 Å². The number of hydrogen-bond donors (Lipinski definition) is 2. The number of carbonyl (C=O) groups is 2. The van der Waals surface area contributed by atoms with Gasteiger partial charge in [0.1, 0.15) is 5.75 Å². The number of amides is 1. The quantitative estimate of drug-likeness (QED) is 0.441. The molecule has 0 saturated carbocycles. The summed E-state index contributed by atoms with van der Waals surface area (Å²) in [6.07, 6.45) is 0. The van der Waals surface area contributed by atoms with Crippen LogP contribution in [0.15, 0.2) is 47.6 Å². The fourth-order valence-corrected chi connectivity index (χ4v) is 3.21. The summed E-state index contributed by atoms with van der Waals surface area (Å²) in [6.45, 7) is 4.61. The summed E-state index contributed by atoms with van der Waals surface area (Å²) in [5.74, 6) is 0.439. The molecule has 0 bridgehead atoms. The third-order valence-electron chi connectivity index (χ3n) is 3.76. The summed E-state index contributed by atoms with van der Waals surface area (Å²) in [4.78, 5) is 31.5. The van der Waals surface area contributed by atoms with Gasteiger partial charge in [-0.25, -0.2) is 9.78 Å². The minimum Gasteiger partial charge on any atom is -0.494 e. The van der Waals surface area contributed by atoms with E-state index in [1.54, 1.807) is 31.2 Å². The van der Waals surface area contributed by atoms with Gasteiger partial charge in [0.25, 0.3) is 0 Å². The number of thioether (sulfide) groups is 1. The first-order valence-corrected chi connectivity index (χ1v) is 9.90. The zero-order valence-corrected chi connectivity index (χ0v) is 16.5. The highest BCUT2D eigenvalue weighted by Crippen LogP contribution is 2.23. The molecule has 0 unspecified atom stereocenters. The Morgan fingerprint density at radius 3 is 2.61 bits per heavy atom. The average Bonchev–Trinajstić information content (AvgIpc) is 3.10. The molecular weight excluding hydrogens is 378 g/mol. The number of nitrogens with zero attached hydrogens (tertiary/aromatic N) is 1. The van der Waals surface area contributed by atoms with Crippen LogP contribution in [0.1, 0.15) is 24.2 Å². The van der Waals surface area contributed by atoms with E-state index in [2.05, 4.69) is 15.3 Å². The molecule has 0 aliphatic rings. The van der Waals surface area contributed by atoms with Gasteiger partial charge in [0.05, 0.1) is 35.6 Å². The Morgan fingerprint density at radius 2 is 1.89 bits per heavy atom. The summed E-state index contributed by atoms with van der Waals surface area (Å²) >= 11 is 1.31. The lowest BCUT2D eigenvalue weighted by Crippen LogP contribution is -2.14. The number of aromatic nitrogens is 2. The highest BCUT2D eigenvalue weighted by Gasteiger charge is 2.10. The predicted molar refractivity (Wildman–Crippen MR) is 109 cm³/mol. The molecule has 0 aliphatic carbocycles. The molecule has 8 heteroatoms. The zero-order valence-electron chi connectivity index (χ0n) is 15.7. The number of carbonyl (C=O) groups excluding carboxylic acids is 2. The van der Waals surface area contributed by atoms with Crippen molar-refractivity contribution in [3.63, 3.8) is 0 Å². The van der Waals surface area contributed by atoms with Crippen molar-refractivity contribution < 1.29 is 19.1 Å². The van der Waals surface area contributed by atoms with Crippen LogP contribution in [0.5, 0.6) is 5.75 Å². The molecule has 146 valence electrons. The van der Waals surface area contributed by atoms with E-state index in [4.69, 9.17) is 9.47 Å². The van der Waals surface area contributed by atoms with E-state index in [9.17, 15) is 9.59 Å². The standard InChI is InChI=1S/C20H21N3O4S/c1-3-26-15-9-10-16-17(11-15)23-20(22-16)28-12-18(24)21-14-7-5-13(6-8-14)19(25)27-4-2/h5-11H,3-4,12H2,1-2H3,(H,21,24)(H,22,23). The monoisotopic (exact) mass is 399 g/mol. The fraction of sp³-hybridized carbons (Fsp3) is 0.250. The Balaban J connectivity index is 1.55. The molecule has 1 heterocycles. The van der Waals surface area contributed by atoms with E-state index in [0.29, 0.717) is 29.6 Å². The number of esters is 1. The van der Waals surface area contributed by atoms with Crippen LogP contribution >= 0.6 is 11.8 Å². The SMILES string of the molecule is CCOC(=O)c1ccc(NC(=O)CSc2nc3ccc(OCC)cc3[nH]2)cc1. The molecule has 3 aromatic rings. The van der Waals surface area contributed by atoms with Crippen LogP contribution in [0.4, 0.5) is 5.69 Å². The number of imidazole rings is 1. The minimum absolute atomic E-state index is 0.163. The van der Waals surface area contributed by atoms with Gasteiger partial charge < -0.3 is 19.8 Å².